The molecule has 0 spiro atoms. The van der Waals surface area contributed by atoms with Crippen LogP contribution in [0.1, 0.15) is 48.4 Å². The third-order valence-electron chi connectivity index (χ3n) is 7.49. The van der Waals surface area contributed by atoms with Crippen LogP contribution in [0, 0.1) is 17.1 Å². The summed E-state index contributed by atoms with van der Waals surface area (Å²) in [5.74, 6) is -1.20. The van der Waals surface area contributed by atoms with Crippen molar-refractivity contribution in [2.24, 2.45) is 11.7 Å². The van der Waals surface area contributed by atoms with Gasteiger partial charge in [-0.2, -0.15) is 13.2 Å². The van der Waals surface area contributed by atoms with E-state index in [9.17, 15) is 22.4 Å². The van der Waals surface area contributed by atoms with Gasteiger partial charge in [-0.05, 0) is 67.6 Å². The molecule has 0 radical (unpaired) electrons. The van der Waals surface area contributed by atoms with E-state index in [0.717, 1.165) is 37.3 Å². The molecule has 1 atom stereocenters. The molecular formula is C29H29F4N5O. The lowest BCUT2D eigenvalue weighted by molar-refractivity contribution is -0.137. The van der Waals surface area contributed by atoms with Crippen molar-refractivity contribution < 1.29 is 22.4 Å². The van der Waals surface area contributed by atoms with Crippen molar-refractivity contribution in [1.82, 2.24) is 0 Å². The van der Waals surface area contributed by atoms with Crippen molar-refractivity contribution in [3.8, 4) is 0 Å². The molecule has 204 valence electrons. The fraction of sp³-hybridized carbons (Fsp3) is 0.310. The molecule has 1 saturated carbocycles. The monoisotopic (exact) mass is 539 g/mol. The molecule has 2 heterocycles. The van der Waals surface area contributed by atoms with E-state index in [2.05, 4.69) is 10.6 Å². The number of benzene rings is 3. The Morgan fingerprint density at radius 2 is 1.74 bits per heavy atom. The van der Waals surface area contributed by atoms with Crippen LogP contribution in [0.5, 0.6) is 0 Å². The van der Waals surface area contributed by atoms with Crippen molar-refractivity contribution in [2.75, 3.05) is 15.5 Å². The fourth-order valence-corrected chi connectivity index (χ4v) is 5.54. The SMILES string of the molecule is N=C1C2CCC(CC2)N1c1ccc(NC(=O)C(Nc2cccc(CN)c2)c2ccccc2F)cc1C(F)(F)F. The highest BCUT2D eigenvalue weighted by Gasteiger charge is 2.43. The summed E-state index contributed by atoms with van der Waals surface area (Å²) in [7, 11) is 0. The van der Waals surface area contributed by atoms with Crippen LogP contribution in [0.15, 0.2) is 66.7 Å². The number of amides is 1. The topological polar surface area (TPSA) is 94.2 Å². The molecule has 0 aromatic heterocycles. The van der Waals surface area contributed by atoms with Crippen molar-refractivity contribution >= 4 is 28.8 Å². The number of halogens is 4. The van der Waals surface area contributed by atoms with E-state index < -0.39 is 29.5 Å². The predicted molar refractivity (Wildman–Crippen MR) is 143 cm³/mol. The van der Waals surface area contributed by atoms with Crippen LogP contribution in [-0.4, -0.2) is 17.8 Å². The summed E-state index contributed by atoms with van der Waals surface area (Å²) in [6, 6.07) is 14.9. The highest BCUT2D eigenvalue weighted by Crippen LogP contribution is 2.45. The summed E-state index contributed by atoms with van der Waals surface area (Å²) >= 11 is 0. The third-order valence-corrected chi connectivity index (χ3v) is 7.49. The maximum atomic E-state index is 14.8. The molecule has 1 aliphatic carbocycles. The predicted octanol–water partition coefficient (Wildman–Crippen LogP) is 6.45. The van der Waals surface area contributed by atoms with Crippen LogP contribution in [0.25, 0.3) is 0 Å². The Morgan fingerprint density at radius 1 is 1.00 bits per heavy atom. The average Bonchev–Trinajstić information content (AvgIpc) is 2.92. The lowest BCUT2D eigenvalue weighted by atomic mass is 9.78. The summed E-state index contributed by atoms with van der Waals surface area (Å²) in [5, 5.41) is 14.0. The number of amidine groups is 1. The Balaban J connectivity index is 1.47. The number of carbonyl (C=O) groups excluding carboxylic acids is 1. The molecular weight excluding hydrogens is 510 g/mol. The molecule has 3 aromatic rings. The Kier molecular flexibility index (Phi) is 7.31. The van der Waals surface area contributed by atoms with Gasteiger partial charge in [-0.1, -0.05) is 30.3 Å². The van der Waals surface area contributed by atoms with E-state index in [-0.39, 0.29) is 41.3 Å². The number of alkyl halides is 3. The van der Waals surface area contributed by atoms with E-state index in [0.29, 0.717) is 5.69 Å². The van der Waals surface area contributed by atoms with Gasteiger partial charge >= 0.3 is 6.18 Å². The van der Waals surface area contributed by atoms with Crippen LogP contribution in [0.4, 0.5) is 34.6 Å². The molecule has 5 N–H and O–H groups in total. The lowest BCUT2D eigenvalue weighted by Gasteiger charge is -2.47. The molecule has 2 aliphatic heterocycles. The summed E-state index contributed by atoms with van der Waals surface area (Å²) < 4.78 is 57.5. The number of fused-ring (bicyclic) bond motifs is 3. The van der Waals surface area contributed by atoms with E-state index in [1.807, 2.05) is 0 Å². The molecule has 10 heteroatoms. The van der Waals surface area contributed by atoms with Crippen LogP contribution in [0.3, 0.4) is 0 Å². The number of anilines is 3. The van der Waals surface area contributed by atoms with Gasteiger partial charge in [-0.15, -0.1) is 0 Å². The smallest absolute Gasteiger partial charge is 0.370 e. The molecule has 6 rings (SSSR count). The van der Waals surface area contributed by atoms with Gasteiger partial charge in [0.05, 0.1) is 11.3 Å². The van der Waals surface area contributed by atoms with Gasteiger partial charge in [0.25, 0.3) is 5.91 Å². The molecule has 3 aliphatic rings. The van der Waals surface area contributed by atoms with Crippen LogP contribution in [-0.2, 0) is 17.5 Å². The van der Waals surface area contributed by atoms with Crippen molar-refractivity contribution in [3.63, 3.8) is 0 Å². The first-order valence-corrected chi connectivity index (χ1v) is 12.9. The number of rotatable bonds is 7. The fourth-order valence-electron chi connectivity index (χ4n) is 5.54. The summed E-state index contributed by atoms with van der Waals surface area (Å²) in [6.07, 6.45) is -1.60. The second-order valence-electron chi connectivity index (χ2n) is 9.98. The van der Waals surface area contributed by atoms with Gasteiger partial charge < -0.3 is 21.3 Å². The van der Waals surface area contributed by atoms with Crippen molar-refractivity contribution in [2.45, 2.75) is 50.5 Å². The zero-order valence-electron chi connectivity index (χ0n) is 21.1. The first-order valence-electron chi connectivity index (χ1n) is 12.9. The molecule has 6 nitrogen and oxygen atoms in total. The van der Waals surface area contributed by atoms with E-state index in [1.54, 1.807) is 30.3 Å². The first kappa shape index (κ1) is 26.7. The number of nitrogens with one attached hydrogen (secondary N) is 3. The van der Waals surface area contributed by atoms with Crippen molar-refractivity contribution in [3.05, 3.63) is 89.2 Å². The summed E-state index contributed by atoms with van der Waals surface area (Å²) in [6.45, 7) is 0.259. The number of nitrogens with zero attached hydrogens (tertiary/aromatic N) is 1. The van der Waals surface area contributed by atoms with Crippen molar-refractivity contribution in [1.29, 1.82) is 5.41 Å². The minimum absolute atomic E-state index is 0.0404. The number of hydrogen-bond acceptors (Lipinski definition) is 4. The highest BCUT2D eigenvalue weighted by atomic mass is 19.4. The normalized spacial score (nSPS) is 19.6. The molecule has 2 bridgehead atoms. The molecule has 1 amide bonds. The Labute approximate surface area is 223 Å². The maximum Gasteiger partial charge on any atom is 0.418 e. The zero-order valence-corrected chi connectivity index (χ0v) is 21.1. The maximum absolute atomic E-state index is 14.8. The summed E-state index contributed by atoms with van der Waals surface area (Å²) in [4.78, 5) is 14.9. The van der Waals surface area contributed by atoms with Gasteiger partial charge in [-0.3, -0.25) is 10.2 Å². The largest absolute Gasteiger partial charge is 0.418 e. The Morgan fingerprint density at radius 3 is 2.41 bits per heavy atom. The average molecular weight is 540 g/mol. The quantitative estimate of drug-likeness (QED) is 0.260. The van der Waals surface area contributed by atoms with Gasteiger partial charge in [0.1, 0.15) is 17.7 Å². The standard InChI is InChI=1S/C29H29F4N5O/c30-24-7-2-1-6-22(24)26(36-19-5-3-4-17(14-19)16-34)28(39)37-20-10-13-25(23(15-20)29(31,32)33)38-21-11-8-18(9-12-21)27(38)35/h1-7,10,13-15,18,21,26,35-36H,8-9,11-12,16,34H2,(H,37,39). The Hall–Kier alpha value is -3.92. The minimum Gasteiger partial charge on any atom is -0.370 e. The Bertz CT molecular complexity index is 1380. The zero-order chi connectivity index (χ0) is 27.7. The second kappa shape index (κ2) is 10.7. The molecule has 3 fully saturated rings. The van der Waals surface area contributed by atoms with Crippen LogP contribution < -0.4 is 21.3 Å². The van der Waals surface area contributed by atoms with Crippen LogP contribution in [0.2, 0.25) is 0 Å². The van der Waals surface area contributed by atoms with Gasteiger partial charge in [0.15, 0.2) is 0 Å². The second-order valence-corrected chi connectivity index (χ2v) is 9.98. The molecule has 1 unspecified atom stereocenters. The van der Waals surface area contributed by atoms with Gasteiger partial charge in [0.2, 0.25) is 0 Å². The van der Waals surface area contributed by atoms with E-state index in [1.165, 1.54) is 35.2 Å². The first-order chi connectivity index (χ1) is 18.7. The number of piperidine rings is 2. The number of carbonyl (C=O) groups is 1. The van der Waals surface area contributed by atoms with Gasteiger partial charge in [0, 0.05) is 35.4 Å². The number of hydrogen-bond donors (Lipinski definition) is 4. The number of nitrogens with two attached hydrogens (primary N) is 1. The third kappa shape index (κ3) is 5.47. The van der Waals surface area contributed by atoms with Gasteiger partial charge in [-0.25, -0.2) is 4.39 Å². The highest BCUT2D eigenvalue weighted by molar-refractivity contribution is 6.01. The van der Waals surface area contributed by atoms with E-state index >= 15 is 0 Å². The molecule has 2 saturated heterocycles. The molecule has 3 aromatic carbocycles. The lowest BCUT2D eigenvalue weighted by Crippen LogP contribution is -2.52. The van der Waals surface area contributed by atoms with E-state index in [4.69, 9.17) is 11.1 Å². The molecule has 39 heavy (non-hydrogen) atoms. The summed E-state index contributed by atoms with van der Waals surface area (Å²) in [5.41, 5.74) is 5.96. The minimum atomic E-state index is -4.71. The van der Waals surface area contributed by atoms with Crippen LogP contribution >= 0.6 is 0 Å².